The van der Waals surface area contributed by atoms with E-state index in [0.717, 1.165) is 5.56 Å². The number of rotatable bonds is 6. The summed E-state index contributed by atoms with van der Waals surface area (Å²) < 4.78 is 0. The zero-order chi connectivity index (χ0) is 15.2. The highest BCUT2D eigenvalue weighted by atomic mass is 35.5. The number of thiophene rings is 1. The van der Waals surface area contributed by atoms with Gasteiger partial charge >= 0.3 is 0 Å². The third-order valence-electron chi connectivity index (χ3n) is 2.78. The van der Waals surface area contributed by atoms with Crippen LogP contribution in [0.3, 0.4) is 0 Å². The van der Waals surface area contributed by atoms with E-state index in [1.807, 2.05) is 16.8 Å². The minimum atomic E-state index is -0.632. The summed E-state index contributed by atoms with van der Waals surface area (Å²) in [6, 6.07) is 6.85. The number of nitrogens with one attached hydrogen (secondary N) is 2. The third kappa shape index (κ3) is 4.69. The maximum Gasteiger partial charge on any atom is 0.238 e. The van der Waals surface area contributed by atoms with Crippen LogP contribution in [0.2, 0.25) is 10.0 Å². The van der Waals surface area contributed by atoms with Crippen molar-refractivity contribution in [2.45, 2.75) is 6.10 Å². The van der Waals surface area contributed by atoms with Crippen molar-refractivity contribution < 1.29 is 9.90 Å². The monoisotopic (exact) mass is 344 g/mol. The van der Waals surface area contributed by atoms with Gasteiger partial charge in [-0.15, -0.1) is 0 Å². The molecular formula is C14H14Cl2N2O2S. The van der Waals surface area contributed by atoms with E-state index in [0.29, 0.717) is 22.3 Å². The summed E-state index contributed by atoms with van der Waals surface area (Å²) in [5, 5.41) is 19.9. The first kappa shape index (κ1) is 16.3. The van der Waals surface area contributed by atoms with Crippen LogP contribution in [0.1, 0.15) is 11.7 Å². The Labute approximate surface area is 136 Å². The third-order valence-corrected chi connectivity index (χ3v) is 4.11. The largest absolute Gasteiger partial charge is 0.387 e. The summed E-state index contributed by atoms with van der Waals surface area (Å²) >= 11 is 13.5. The maximum absolute atomic E-state index is 11.8. The highest BCUT2D eigenvalue weighted by molar-refractivity contribution is 7.07. The van der Waals surface area contributed by atoms with Crippen molar-refractivity contribution in [1.82, 2.24) is 5.32 Å². The zero-order valence-electron chi connectivity index (χ0n) is 11.0. The zero-order valence-corrected chi connectivity index (χ0v) is 13.3. The maximum atomic E-state index is 11.8. The number of carbonyl (C=O) groups is 1. The molecule has 1 heterocycles. The van der Waals surface area contributed by atoms with Crippen LogP contribution in [-0.4, -0.2) is 24.1 Å². The number of halogens is 2. The van der Waals surface area contributed by atoms with E-state index < -0.39 is 6.10 Å². The van der Waals surface area contributed by atoms with E-state index in [1.165, 1.54) is 11.3 Å². The van der Waals surface area contributed by atoms with Crippen LogP contribution in [0, 0.1) is 0 Å². The number of hydrogen-bond acceptors (Lipinski definition) is 4. The molecule has 0 aliphatic heterocycles. The summed E-state index contributed by atoms with van der Waals surface area (Å²) in [4.78, 5) is 11.8. The molecule has 0 spiro atoms. The van der Waals surface area contributed by atoms with E-state index in [4.69, 9.17) is 23.2 Å². The molecule has 0 saturated carbocycles. The van der Waals surface area contributed by atoms with Gasteiger partial charge in [-0.1, -0.05) is 29.3 Å². The Balaban J connectivity index is 1.80. The number of carbonyl (C=O) groups excluding carboxylic acids is 1. The molecule has 0 radical (unpaired) electrons. The number of para-hydroxylation sites is 1. The van der Waals surface area contributed by atoms with E-state index >= 15 is 0 Å². The van der Waals surface area contributed by atoms with Gasteiger partial charge in [0.1, 0.15) is 0 Å². The molecule has 0 aliphatic rings. The van der Waals surface area contributed by atoms with E-state index in [9.17, 15) is 9.90 Å². The number of aliphatic hydroxyl groups excluding tert-OH is 1. The number of amides is 1. The summed E-state index contributed by atoms with van der Waals surface area (Å²) in [5.74, 6) is -0.275. The SMILES string of the molecule is O=C(CNCC(O)c1ccsc1)Nc1c(Cl)cccc1Cl. The minimum absolute atomic E-state index is 0.0583. The number of anilines is 1. The molecule has 2 aromatic rings. The molecule has 1 amide bonds. The average molecular weight is 345 g/mol. The van der Waals surface area contributed by atoms with Crippen LogP contribution in [0.25, 0.3) is 0 Å². The van der Waals surface area contributed by atoms with E-state index in [1.54, 1.807) is 18.2 Å². The number of benzene rings is 1. The summed E-state index contributed by atoms with van der Waals surface area (Å²) in [5.41, 5.74) is 1.23. The molecule has 1 aromatic heterocycles. The lowest BCUT2D eigenvalue weighted by Gasteiger charge is -2.12. The highest BCUT2D eigenvalue weighted by Gasteiger charge is 2.11. The predicted molar refractivity (Wildman–Crippen MR) is 87.2 cm³/mol. The van der Waals surface area contributed by atoms with Gasteiger partial charge in [0.05, 0.1) is 28.4 Å². The van der Waals surface area contributed by atoms with Crippen LogP contribution in [0.5, 0.6) is 0 Å². The molecule has 0 saturated heterocycles. The van der Waals surface area contributed by atoms with Crippen molar-refractivity contribution in [2.75, 3.05) is 18.4 Å². The first-order valence-corrected chi connectivity index (χ1v) is 7.92. The second kappa shape index (κ2) is 7.77. The van der Waals surface area contributed by atoms with Gasteiger partial charge in [-0.05, 0) is 34.5 Å². The van der Waals surface area contributed by atoms with Gasteiger partial charge in [0, 0.05) is 6.54 Å². The summed E-state index contributed by atoms with van der Waals surface area (Å²) in [7, 11) is 0. The second-order valence-corrected chi connectivity index (χ2v) is 5.94. The van der Waals surface area contributed by atoms with Crippen molar-refractivity contribution in [3.8, 4) is 0 Å². The molecule has 2 rings (SSSR count). The lowest BCUT2D eigenvalue weighted by molar-refractivity contribution is -0.115. The molecule has 0 aliphatic carbocycles. The Morgan fingerprint density at radius 1 is 1.29 bits per heavy atom. The predicted octanol–water partition coefficient (Wildman–Crippen LogP) is 3.32. The molecule has 0 bridgehead atoms. The molecule has 3 N–H and O–H groups in total. The smallest absolute Gasteiger partial charge is 0.238 e. The average Bonchev–Trinajstić information content (AvgIpc) is 2.97. The van der Waals surface area contributed by atoms with Crippen molar-refractivity contribution in [1.29, 1.82) is 0 Å². The quantitative estimate of drug-likeness (QED) is 0.753. The Bertz CT molecular complexity index is 585. The van der Waals surface area contributed by atoms with Crippen LogP contribution in [0.15, 0.2) is 35.0 Å². The van der Waals surface area contributed by atoms with Crippen molar-refractivity contribution in [3.05, 3.63) is 50.6 Å². The summed E-state index contributed by atoms with van der Waals surface area (Å²) in [6.07, 6.45) is -0.632. The first-order chi connectivity index (χ1) is 10.1. The van der Waals surface area contributed by atoms with Gasteiger partial charge in [0.2, 0.25) is 5.91 Å². The van der Waals surface area contributed by atoms with Crippen LogP contribution in [0.4, 0.5) is 5.69 Å². The molecule has 1 aromatic carbocycles. The first-order valence-electron chi connectivity index (χ1n) is 6.22. The van der Waals surface area contributed by atoms with Gasteiger partial charge < -0.3 is 15.7 Å². The molecule has 1 atom stereocenters. The molecular weight excluding hydrogens is 331 g/mol. The molecule has 7 heteroatoms. The van der Waals surface area contributed by atoms with Crippen LogP contribution in [-0.2, 0) is 4.79 Å². The van der Waals surface area contributed by atoms with Crippen LogP contribution < -0.4 is 10.6 Å². The lowest BCUT2D eigenvalue weighted by Crippen LogP contribution is -2.31. The molecule has 0 fully saturated rings. The Hall–Kier alpha value is -1.11. The van der Waals surface area contributed by atoms with Gasteiger partial charge in [-0.25, -0.2) is 0 Å². The fourth-order valence-corrected chi connectivity index (χ4v) is 2.90. The minimum Gasteiger partial charge on any atom is -0.387 e. The van der Waals surface area contributed by atoms with E-state index in [-0.39, 0.29) is 12.5 Å². The van der Waals surface area contributed by atoms with Gasteiger partial charge in [0.15, 0.2) is 0 Å². The van der Waals surface area contributed by atoms with Gasteiger partial charge in [-0.3, -0.25) is 4.79 Å². The number of aliphatic hydroxyl groups is 1. The molecule has 1 unspecified atom stereocenters. The lowest BCUT2D eigenvalue weighted by atomic mass is 10.2. The Morgan fingerprint density at radius 3 is 2.62 bits per heavy atom. The normalized spacial score (nSPS) is 12.1. The van der Waals surface area contributed by atoms with Gasteiger partial charge in [-0.2, -0.15) is 11.3 Å². The molecule has 21 heavy (non-hydrogen) atoms. The Morgan fingerprint density at radius 2 is 2.00 bits per heavy atom. The van der Waals surface area contributed by atoms with Crippen LogP contribution >= 0.6 is 34.5 Å². The molecule has 112 valence electrons. The second-order valence-electron chi connectivity index (χ2n) is 4.35. The summed E-state index contributed by atoms with van der Waals surface area (Å²) in [6.45, 7) is 0.350. The Kier molecular flexibility index (Phi) is 6.02. The fraction of sp³-hybridized carbons (Fsp3) is 0.214. The topological polar surface area (TPSA) is 61.4 Å². The standard InChI is InChI=1S/C14H14Cl2N2O2S/c15-10-2-1-3-11(16)14(10)18-13(20)7-17-6-12(19)9-4-5-21-8-9/h1-5,8,12,17,19H,6-7H2,(H,18,20). The number of hydrogen-bond donors (Lipinski definition) is 3. The van der Waals surface area contributed by atoms with Gasteiger partial charge in [0.25, 0.3) is 0 Å². The van der Waals surface area contributed by atoms with E-state index in [2.05, 4.69) is 10.6 Å². The van der Waals surface area contributed by atoms with Crippen molar-refractivity contribution in [3.63, 3.8) is 0 Å². The highest BCUT2D eigenvalue weighted by Crippen LogP contribution is 2.29. The van der Waals surface area contributed by atoms with Crippen molar-refractivity contribution in [2.24, 2.45) is 0 Å². The fourth-order valence-electron chi connectivity index (χ4n) is 1.71. The molecule has 4 nitrogen and oxygen atoms in total. The van der Waals surface area contributed by atoms with Crippen molar-refractivity contribution >= 4 is 46.1 Å².